The number of rotatable bonds is 4. The van der Waals surface area contributed by atoms with Crippen molar-refractivity contribution in [3.63, 3.8) is 0 Å². The van der Waals surface area contributed by atoms with Gasteiger partial charge < -0.3 is 14.6 Å². The number of allylic oxidation sites excluding steroid dienone is 2. The Morgan fingerprint density at radius 2 is 1.71 bits per heavy atom. The van der Waals surface area contributed by atoms with E-state index in [1.54, 1.807) is 0 Å². The molecule has 0 aromatic carbocycles. The third-order valence-corrected chi connectivity index (χ3v) is 1.72. The Labute approximate surface area is 99.4 Å². The summed E-state index contributed by atoms with van der Waals surface area (Å²) in [5.74, 6) is -3.31. The van der Waals surface area contributed by atoms with Gasteiger partial charge in [-0.2, -0.15) is 0 Å². The number of unbranched alkanes of at least 4 members (excludes halogenated alkanes) is 1. The summed E-state index contributed by atoms with van der Waals surface area (Å²) in [5, 5.41) is 16.6. The van der Waals surface area contributed by atoms with Crippen LogP contribution in [0.3, 0.4) is 0 Å². The largest absolute Gasteiger partial charge is 0.475 e. The average molecular weight is 240 g/mol. The van der Waals surface area contributed by atoms with E-state index in [0.717, 1.165) is 12.1 Å². The fraction of sp³-hybridized carbons (Fsp3) is 0.333. The second kappa shape index (κ2) is 8.15. The van der Waals surface area contributed by atoms with Gasteiger partial charge in [0.25, 0.3) is 0 Å². The summed E-state index contributed by atoms with van der Waals surface area (Å²) in [5.41, 5.74) is 0. The lowest BCUT2D eigenvalue weighted by Crippen LogP contribution is -1.94. The van der Waals surface area contributed by atoms with Crippen LogP contribution in [0.5, 0.6) is 0 Å². The van der Waals surface area contributed by atoms with Gasteiger partial charge in [-0.1, -0.05) is 25.5 Å². The van der Waals surface area contributed by atoms with Gasteiger partial charge in [0.2, 0.25) is 11.5 Å². The van der Waals surface area contributed by atoms with Crippen LogP contribution in [0.1, 0.15) is 47.8 Å². The molecule has 17 heavy (non-hydrogen) atoms. The summed E-state index contributed by atoms with van der Waals surface area (Å²) >= 11 is 0. The molecule has 0 fully saturated rings. The van der Waals surface area contributed by atoms with Crippen LogP contribution in [0.25, 0.3) is 0 Å². The molecule has 0 unspecified atom stereocenters. The first-order chi connectivity index (χ1) is 8.02. The van der Waals surface area contributed by atoms with Crippen LogP contribution in [0.2, 0.25) is 0 Å². The summed E-state index contributed by atoms with van der Waals surface area (Å²) in [4.78, 5) is 20.3. The molecule has 0 atom stereocenters. The predicted molar refractivity (Wildman–Crippen MR) is 62.3 cm³/mol. The van der Waals surface area contributed by atoms with Crippen LogP contribution in [-0.4, -0.2) is 22.2 Å². The Kier molecular flexibility index (Phi) is 7.17. The standard InChI is InChI=1S/C6H4O5.C6H12/c7-5(8)3-1-2-4(11-3)6(9)10;1-3-5-6-4-2/h1-2H,(H,7,8)(H,9,10);3,5H,4,6H2,1-2H3/b;5-3+. The van der Waals surface area contributed by atoms with E-state index in [0.29, 0.717) is 0 Å². The summed E-state index contributed by atoms with van der Waals surface area (Å²) in [7, 11) is 0. The predicted octanol–water partition coefficient (Wildman–Crippen LogP) is 3.04. The van der Waals surface area contributed by atoms with Crippen molar-refractivity contribution in [1.29, 1.82) is 0 Å². The molecule has 0 spiro atoms. The molecule has 1 aromatic heterocycles. The fourth-order valence-electron chi connectivity index (χ4n) is 0.901. The quantitative estimate of drug-likeness (QED) is 0.790. The zero-order chi connectivity index (χ0) is 13.3. The molecule has 1 rings (SSSR count). The minimum atomic E-state index is -1.28. The number of carboxylic acid groups (broad SMARTS) is 2. The van der Waals surface area contributed by atoms with Gasteiger partial charge in [-0.25, -0.2) is 9.59 Å². The molecule has 0 radical (unpaired) electrons. The molecular weight excluding hydrogens is 224 g/mol. The van der Waals surface area contributed by atoms with Crippen LogP contribution in [0.15, 0.2) is 28.7 Å². The normalized spacial score (nSPS) is 9.76. The zero-order valence-electron chi connectivity index (χ0n) is 9.84. The molecule has 5 heteroatoms. The van der Waals surface area contributed by atoms with Gasteiger partial charge in [0.05, 0.1) is 0 Å². The first-order valence-corrected chi connectivity index (χ1v) is 5.20. The molecular formula is C12H16O5. The first kappa shape index (κ1) is 15.0. The first-order valence-electron chi connectivity index (χ1n) is 5.20. The summed E-state index contributed by atoms with van der Waals surface area (Å²) in [6.07, 6.45) is 6.77. The Bertz CT molecular complexity index is 361. The Hall–Kier alpha value is -2.04. The Morgan fingerprint density at radius 1 is 1.24 bits per heavy atom. The SMILES string of the molecule is C/C=C/CCC.O=C(O)c1ccc(C(=O)O)o1. The number of carbonyl (C=O) groups is 2. The maximum Gasteiger partial charge on any atom is 0.371 e. The maximum atomic E-state index is 10.2. The van der Waals surface area contributed by atoms with E-state index in [4.69, 9.17) is 10.2 Å². The highest BCUT2D eigenvalue weighted by atomic mass is 16.4. The molecule has 0 amide bonds. The third-order valence-electron chi connectivity index (χ3n) is 1.72. The number of hydrogen-bond donors (Lipinski definition) is 2. The molecule has 2 N–H and O–H groups in total. The number of aromatic carboxylic acids is 2. The van der Waals surface area contributed by atoms with Gasteiger partial charge in [0, 0.05) is 0 Å². The van der Waals surface area contributed by atoms with Gasteiger partial charge in [-0.3, -0.25) is 0 Å². The van der Waals surface area contributed by atoms with E-state index in [9.17, 15) is 9.59 Å². The van der Waals surface area contributed by atoms with Gasteiger partial charge in [0.15, 0.2) is 0 Å². The van der Waals surface area contributed by atoms with E-state index in [-0.39, 0.29) is 11.5 Å². The minimum Gasteiger partial charge on any atom is -0.475 e. The fourth-order valence-corrected chi connectivity index (χ4v) is 0.901. The van der Waals surface area contributed by atoms with Crippen LogP contribution in [0, 0.1) is 0 Å². The van der Waals surface area contributed by atoms with Crippen molar-refractivity contribution in [3.05, 3.63) is 35.8 Å². The number of furan rings is 1. The van der Waals surface area contributed by atoms with E-state index in [1.165, 1.54) is 12.8 Å². The summed E-state index contributed by atoms with van der Waals surface area (Å²) in [6, 6.07) is 2.18. The summed E-state index contributed by atoms with van der Waals surface area (Å²) < 4.78 is 4.41. The van der Waals surface area contributed by atoms with Gasteiger partial charge in [0.1, 0.15) is 0 Å². The third kappa shape index (κ3) is 6.19. The highest BCUT2D eigenvalue weighted by Gasteiger charge is 2.12. The van der Waals surface area contributed by atoms with Crippen molar-refractivity contribution in [2.45, 2.75) is 26.7 Å². The van der Waals surface area contributed by atoms with Crippen molar-refractivity contribution in [3.8, 4) is 0 Å². The molecule has 0 saturated heterocycles. The van der Waals surface area contributed by atoms with Gasteiger partial charge in [-0.05, 0) is 25.5 Å². The van der Waals surface area contributed by atoms with Crippen LogP contribution >= 0.6 is 0 Å². The van der Waals surface area contributed by atoms with Gasteiger partial charge in [-0.15, -0.1) is 0 Å². The van der Waals surface area contributed by atoms with Crippen molar-refractivity contribution >= 4 is 11.9 Å². The highest BCUT2D eigenvalue weighted by molar-refractivity contribution is 5.88. The van der Waals surface area contributed by atoms with Crippen molar-refractivity contribution in [1.82, 2.24) is 0 Å². The van der Waals surface area contributed by atoms with E-state index >= 15 is 0 Å². The topological polar surface area (TPSA) is 87.7 Å². The number of carboxylic acids is 2. The summed E-state index contributed by atoms with van der Waals surface area (Å²) in [6.45, 7) is 4.23. The van der Waals surface area contributed by atoms with Crippen molar-refractivity contribution in [2.24, 2.45) is 0 Å². The van der Waals surface area contributed by atoms with Crippen LogP contribution in [0.4, 0.5) is 0 Å². The number of hydrogen-bond acceptors (Lipinski definition) is 3. The van der Waals surface area contributed by atoms with E-state index in [1.807, 2.05) is 0 Å². The van der Waals surface area contributed by atoms with E-state index < -0.39 is 11.9 Å². The molecule has 1 aromatic rings. The molecule has 1 heterocycles. The van der Waals surface area contributed by atoms with Crippen molar-refractivity contribution in [2.75, 3.05) is 0 Å². The van der Waals surface area contributed by atoms with E-state index in [2.05, 4.69) is 30.4 Å². The molecule has 0 aliphatic rings. The van der Waals surface area contributed by atoms with Crippen LogP contribution in [-0.2, 0) is 0 Å². The average Bonchev–Trinajstić information content (AvgIpc) is 2.76. The lowest BCUT2D eigenvalue weighted by atomic mass is 10.3. The lowest BCUT2D eigenvalue weighted by Gasteiger charge is -1.84. The monoisotopic (exact) mass is 240 g/mol. The molecule has 0 aliphatic heterocycles. The molecule has 0 saturated carbocycles. The van der Waals surface area contributed by atoms with Crippen molar-refractivity contribution < 1.29 is 24.2 Å². The zero-order valence-corrected chi connectivity index (χ0v) is 9.84. The van der Waals surface area contributed by atoms with Crippen LogP contribution < -0.4 is 0 Å². The molecule has 5 nitrogen and oxygen atoms in total. The second-order valence-electron chi connectivity index (χ2n) is 3.13. The molecule has 94 valence electrons. The Morgan fingerprint density at radius 3 is 1.88 bits per heavy atom. The maximum absolute atomic E-state index is 10.2. The highest BCUT2D eigenvalue weighted by Crippen LogP contribution is 2.06. The minimum absolute atomic E-state index is 0.373. The Balaban J connectivity index is 0.000000366. The second-order valence-corrected chi connectivity index (χ2v) is 3.13. The molecule has 0 aliphatic carbocycles. The van der Waals surface area contributed by atoms with Gasteiger partial charge >= 0.3 is 11.9 Å². The lowest BCUT2D eigenvalue weighted by molar-refractivity contribution is 0.0631. The molecule has 0 bridgehead atoms. The smallest absolute Gasteiger partial charge is 0.371 e.